The molecule has 5 rings (SSSR count). The zero-order valence-electron chi connectivity index (χ0n) is 15.3. The SMILES string of the molecule is CC(C)c1[nH]nc2c1C1(CNc3cc(Cl)ccc31)N(c1cc(Cl)ccn1)C2=O. The maximum absolute atomic E-state index is 13.5. The van der Waals surface area contributed by atoms with Crippen LogP contribution in [0, 0.1) is 0 Å². The van der Waals surface area contributed by atoms with Crippen molar-refractivity contribution < 1.29 is 4.79 Å². The van der Waals surface area contributed by atoms with Gasteiger partial charge in [0.05, 0.1) is 0 Å². The molecule has 1 amide bonds. The Labute approximate surface area is 171 Å². The molecule has 0 radical (unpaired) electrons. The van der Waals surface area contributed by atoms with Gasteiger partial charge < -0.3 is 5.32 Å². The predicted molar refractivity (Wildman–Crippen MR) is 109 cm³/mol. The van der Waals surface area contributed by atoms with Gasteiger partial charge in [0.15, 0.2) is 5.69 Å². The second-order valence-corrected chi connectivity index (χ2v) is 8.27. The zero-order valence-corrected chi connectivity index (χ0v) is 16.8. The molecule has 1 spiro atoms. The normalized spacial score (nSPS) is 20.0. The maximum atomic E-state index is 13.5. The molecule has 2 aliphatic heterocycles. The fourth-order valence-corrected chi connectivity index (χ4v) is 4.64. The molecule has 28 heavy (non-hydrogen) atoms. The van der Waals surface area contributed by atoms with Crippen LogP contribution >= 0.6 is 23.2 Å². The van der Waals surface area contributed by atoms with Crippen molar-refractivity contribution >= 4 is 40.6 Å². The first-order chi connectivity index (χ1) is 13.4. The first-order valence-corrected chi connectivity index (χ1v) is 9.78. The third-order valence-electron chi connectivity index (χ3n) is 5.47. The highest BCUT2D eigenvalue weighted by atomic mass is 35.5. The number of fused-ring (bicyclic) bond motifs is 4. The lowest BCUT2D eigenvalue weighted by Crippen LogP contribution is -2.47. The van der Waals surface area contributed by atoms with Crippen molar-refractivity contribution in [2.75, 3.05) is 16.8 Å². The zero-order chi connectivity index (χ0) is 19.6. The molecule has 1 unspecified atom stereocenters. The van der Waals surface area contributed by atoms with E-state index in [0.717, 1.165) is 22.5 Å². The van der Waals surface area contributed by atoms with Gasteiger partial charge in [-0.15, -0.1) is 0 Å². The Bertz CT molecular complexity index is 1130. The molecule has 142 valence electrons. The minimum atomic E-state index is -0.767. The van der Waals surface area contributed by atoms with E-state index in [2.05, 4.69) is 34.3 Å². The number of nitrogens with zero attached hydrogens (tertiary/aromatic N) is 3. The minimum absolute atomic E-state index is 0.171. The van der Waals surface area contributed by atoms with Crippen LogP contribution < -0.4 is 10.2 Å². The lowest BCUT2D eigenvalue weighted by Gasteiger charge is -2.36. The fourth-order valence-electron chi connectivity index (χ4n) is 4.32. The molecule has 2 aliphatic rings. The van der Waals surface area contributed by atoms with Crippen LogP contribution in [0.2, 0.25) is 10.0 Å². The summed E-state index contributed by atoms with van der Waals surface area (Å²) in [5, 5.41) is 12.0. The van der Waals surface area contributed by atoms with Gasteiger partial charge in [0.2, 0.25) is 0 Å². The molecule has 0 saturated heterocycles. The second kappa shape index (κ2) is 5.96. The van der Waals surface area contributed by atoms with Crippen molar-refractivity contribution in [2.45, 2.75) is 25.3 Å². The number of carbonyl (C=O) groups excluding carboxylic acids is 1. The average Bonchev–Trinajstić information content (AvgIpc) is 3.30. The van der Waals surface area contributed by atoms with Crippen molar-refractivity contribution in [1.82, 2.24) is 15.2 Å². The predicted octanol–water partition coefficient (Wildman–Crippen LogP) is 4.56. The number of rotatable bonds is 2. The van der Waals surface area contributed by atoms with Gasteiger partial charge in [-0.1, -0.05) is 43.1 Å². The van der Waals surface area contributed by atoms with Crippen LogP contribution in [0.15, 0.2) is 36.5 Å². The highest BCUT2D eigenvalue weighted by Gasteiger charge is 2.58. The number of nitrogens with one attached hydrogen (secondary N) is 2. The number of aromatic amines is 1. The van der Waals surface area contributed by atoms with E-state index < -0.39 is 5.54 Å². The largest absolute Gasteiger partial charge is 0.382 e. The van der Waals surface area contributed by atoms with E-state index in [9.17, 15) is 4.79 Å². The standard InChI is InChI=1S/C20H17Cl2N5O/c1-10(2)17-16-18(26-25-17)19(28)27(15-8-12(22)5-6-23-15)20(16)9-24-14-7-11(21)3-4-13(14)20/h3-8,10,24H,9H2,1-2H3,(H,25,26). The Hall–Kier alpha value is -2.57. The first-order valence-electron chi connectivity index (χ1n) is 9.02. The van der Waals surface area contributed by atoms with Crippen LogP contribution in [0.5, 0.6) is 0 Å². The van der Waals surface area contributed by atoms with Crippen LogP contribution in [-0.4, -0.2) is 27.6 Å². The third kappa shape index (κ3) is 2.19. The van der Waals surface area contributed by atoms with E-state index in [0.29, 0.717) is 28.1 Å². The van der Waals surface area contributed by atoms with Crippen LogP contribution in [-0.2, 0) is 5.54 Å². The van der Waals surface area contributed by atoms with Gasteiger partial charge >= 0.3 is 0 Å². The molecule has 0 fully saturated rings. The summed E-state index contributed by atoms with van der Waals surface area (Å²) in [5.41, 5.74) is 3.36. The number of hydrogen-bond donors (Lipinski definition) is 2. The number of hydrogen-bond acceptors (Lipinski definition) is 4. The van der Waals surface area contributed by atoms with Crippen molar-refractivity contribution in [3.05, 3.63) is 69.1 Å². The highest BCUT2D eigenvalue weighted by molar-refractivity contribution is 6.31. The minimum Gasteiger partial charge on any atom is -0.382 e. The molecule has 2 N–H and O–H groups in total. The smallest absolute Gasteiger partial charge is 0.281 e. The van der Waals surface area contributed by atoms with Gasteiger partial charge in [0, 0.05) is 45.3 Å². The van der Waals surface area contributed by atoms with Crippen LogP contribution in [0.4, 0.5) is 11.5 Å². The van der Waals surface area contributed by atoms with Gasteiger partial charge in [-0.3, -0.25) is 14.8 Å². The Kier molecular flexibility index (Phi) is 3.73. The molecule has 4 heterocycles. The van der Waals surface area contributed by atoms with Gasteiger partial charge in [-0.05, 0) is 30.2 Å². The van der Waals surface area contributed by atoms with E-state index in [-0.39, 0.29) is 11.8 Å². The molecule has 0 bridgehead atoms. The summed E-state index contributed by atoms with van der Waals surface area (Å²) >= 11 is 12.4. The molecule has 8 heteroatoms. The molecule has 0 aliphatic carbocycles. The van der Waals surface area contributed by atoms with Crippen LogP contribution in [0.3, 0.4) is 0 Å². The van der Waals surface area contributed by atoms with Gasteiger partial charge in [-0.2, -0.15) is 5.10 Å². The molecular weight excluding hydrogens is 397 g/mol. The number of aromatic nitrogens is 3. The molecule has 2 aromatic heterocycles. The van der Waals surface area contributed by atoms with E-state index >= 15 is 0 Å². The van der Waals surface area contributed by atoms with E-state index in [4.69, 9.17) is 23.2 Å². The first kappa shape index (κ1) is 17.5. The summed E-state index contributed by atoms with van der Waals surface area (Å²) < 4.78 is 0. The lowest BCUT2D eigenvalue weighted by atomic mass is 9.82. The van der Waals surface area contributed by atoms with Gasteiger partial charge in [0.25, 0.3) is 5.91 Å². The number of benzene rings is 1. The van der Waals surface area contributed by atoms with E-state index in [1.165, 1.54) is 0 Å². The molecule has 0 saturated carbocycles. The monoisotopic (exact) mass is 413 g/mol. The van der Waals surface area contributed by atoms with Crippen molar-refractivity contribution in [3.8, 4) is 0 Å². The summed E-state index contributed by atoms with van der Waals surface area (Å²) in [4.78, 5) is 19.6. The summed E-state index contributed by atoms with van der Waals surface area (Å²) in [6.45, 7) is 4.66. The molecule has 6 nitrogen and oxygen atoms in total. The Morgan fingerprint density at radius 2 is 1.96 bits per heavy atom. The molecule has 1 aromatic carbocycles. The Morgan fingerprint density at radius 3 is 2.71 bits per heavy atom. The van der Waals surface area contributed by atoms with Crippen molar-refractivity contribution in [1.29, 1.82) is 0 Å². The van der Waals surface area contributed by atoms with Crippen LogP contribution in [0.1, 0.15) is 47.1 Å². The van der Waals surface area contributed by atoms with Gasteiger partial charge in [0.1, 0.15) is 11.4 Å². The highest BCUT2D eigenvalue weighted by Crippen LogP contribution is 2.53. The Balaban J connectivity index is 1.84. The topological polar surface area (TPSA) is 73.9 Å². The fraction of sp³-hybridized carbons (Fsp3) is 0.250. The average molecular weight is 414 g/mol. The number of anilines is 2. The quantitative estimate of drug-likeness (QED) is 0.645. The number of carbonyl (C=O) groups is 1. The Morgan fingerprint density at radius 1 is 1.18 bits per heavy atom. The van der Waals surface area contributed by atoms with Gasteiger partial charge in [-0.25, -0.2) is 4.98 Å². The number of halogens is 2. The second-order valence-electron chi connectivity index (χ2n) is 7.39. The van der Waals surface area contributed by atoms with E-state index in [1.54, 1.807) is 23.2 Å². The van der Waals surface area contributed by atoms with E-state index in [1.807, 2.05) is 18.2 Å². The van der Waals surface area contributed by atoms with Crippen molar-refractivity contribution in [3.63, 3.8) is 0 Å². The molecular formula is C20H17Cl2N5O. The van der Waals surface area contributed by atoms with Crippen molar-refractivity contribution in [2.24, 2.45) is 0 Å². The summed E-state index contributed by atoms with van der Waals surface area (Å²) in [6, 6.07) is 9.09. The maximum Gasteiger partial charge on any atom is 0.281 e. The summed E-state index contributed by atoms with van der Waals surface area (Å²) in [7, 11) is 0. The third-order valence-corrected chi connectivity index (χ3v) is 5.94. The summed E-state index contributed by atoms with van der Waals surface area (Å²) in [6.07, 6.45) is 1.61. The van der Waals surface area contributed by atoms with Crippen LogP contribution in [0.25, 0.3) is 0 Å². The molecule has 1 atom stereocenters. The molecule has 3 aromatic rings. The number of pyridine rings is 1. The number of amides is 1. The number of H-pyrrole nitrogens is 1. The summed E-state index contributed by atoms with van der Waals surface area (Å²) in [5.74, 6) is 0.469. The lowest BCUT2D eigenvalue weighted by molar-refractivity contribution is 0.0979.